The summed E-state index contributed by atoms with van der Waals surface area (Å²) in [5.41, 5.74) is 0.149. The predicted molar refractivity (Wildman–Crippen MR) is 112 cm³/mol. The lowest BCUT2D eigenvalue weighted by atomic mass is 9.88. The Labute approximate surface area is 182 Å². The molecule has 0 bridgehead atoms. The summed E-state index contributed by atoms with van der Waals surface area (Å²) in [4.78, 5) is 12.3. The number of rotatable bonds is 7. The monoisotopic (exact) mass is 456 g/mol. The number of carbonyl (C=O) groups excluding carboxylic acids is 1. The molecule has 3 rings (SSSR count). The molecule has 0 spiro atoms. The third-order valence-electron chi connectivity index (χ3n) is 5.25. The summed E-state index contributed by atoms with van der Waals surface area (Å²) in [6, 6.07) is 5.51. The Bertz CT molecular complexity index is 913. The number of benzene rings is 2. The quantitative estimate of drug-likeness (QED) is 0.307. The van der Waals surface area contributed by atoms with Gasteiger partial charge in [-0.3, -0.25) is 4.79 Å². The van der Waals surface area contributed by atoms with Gasteiger partial charge in [-0.1, -0.05) is 6.07 Å². The molecule has 3 N–H and O–H groups in total. The SMILES string of the molecule is CCNC(=O)C1CCC(Sc2cc(C(O)Nc3cc(F)c(F)c(F)c3)ccc2F)CC1. The van der Waals surface area contributed by atoms with Gasteiger partial charge < -0.3 is 15.7 Å². The molecule has 2 aromatic carbocycles. The Kier molecular flexibility index (Phi) is 7.83. The zero-order chi connectivity index (χ0) is 22.5. The molecule has 0 radical (unpaired) electrons. The minimum absolute atomic E-state index is 0.0181. The number of nitrogens with one attached hydrogen (secondary N) is 2. The maximum absolute atomic E-state index is 14.3. The van der Waals surface area contributed by atoms with Gasteiger partial charge in [0, 0.05) is 46.0 Å². The van der Waals surface area contributed by atoms with E-state index in [9.17, 15) is 27.5 Å². The number of halogens is 4. The molecule has 1 saturated carbocycles. The Morgan fingerprint density at radius 2 is 1.71 bits per heavy atom. The highest BCUT2D eigenvalue weighted by molar-refractivity contribution is 8.00. The smallest absolute Gasteiger partial charge is 0.223 e. The highest BCUT2D eigenvalue weighted by atomic mass is 32.2. The summed E-state index contributed by atoms with van der Waals surface area (Å²) >= 11 is 1.35. The third-order valence-corrected chi connectivity index (χ3v) is 6.62. The van der Waals surface area contributed by atoms with Crippen molar-refractivity contribution in [3.8, 4) is 0 Å². The molecule has 1 aliphatic carbocycles. The van der Waals surface area contributed by atoms with Gasteiger partial charge in [-0.25, -0.2) is 17.6 Å². The number of hydrogen-bond acceptors (Lipinski definition) is 4. The van der Waals surface area contributed by atoms with E-state index in [1.54, 1.807) is 0 Å². The molecule has 1 fully saturated rings. The lowest BCUT2D eigenvalue weighted by molar-refractivity contribution is -0.125. The van der Waals surface area contributed by atoms with Gasteiger partial charge in [0.05, 0.1) is 0 Å². The summed E-state index contributed by atoms with van der Waals surface area (Å²) < 4.78 is 54.2. The van der Waals surface area contributed by atoms with E-state index in [2.05, 4.69) is 10.6 Å². The van der Waals surface area contributed by atoms with E-state index in [1.807, 2.05) is 6.92 Å². The van der Waals surface area contributed by atoms with E-state index >= 15 is 0 Å². The fourth-order valence-corrected chi connectivity index (χ4v) is 4.85. The lowest BCUT2D eigenvalue weighted by Gasteiger charge is -2.27. The largest absolute Gasteiger partial charge is 0.369 e. The first kappa shape index (κ1) is 23.4. The van der Waals surface area contributed by atoms with Crippen LogP contribution in [0.4, 0.5) is 23.2 Å². The molecule has 2 aromatic rings. The van der Waals surface area contributed by atoms with Gasteiger partial charge in [-0.05, 0) is 44.7 Å². The Balaban J connectivity index is 1.64. The van der Waals surface area contributed by atoms with Gasteiger partial charge in [0.15, 0.2) is 23.7 Å². The van der Waals surface area contributed by atoms with Crippen LogP contribution in [0.2, 0.25) is 0 Å². The van der Waals surface area contributed by atoms with Crippen molar-refractivity contribution in [1.82, 2.24) is 5.32 Å². The van der Waals surface area contributed by atoms with Crippen molar-refractivity contribution in [2.45, 2.75) is 49.0 Å². The van der Waals surface area contributed by atoms with E-state index < -0.39 is 29.5 Å². The molecule has 1 unspecified atom stereocenters. The summed E-state index contributed by atoms with van der Waals surface area (Å²) in [6.07, 6.45) is 1.63. The zero-order valence-electron chi connectivity index (χ0n) is 16.9. The van der Waals surface area contributed by atoms with Crippen molar-refractivity contribution in [1.29, 1.82) is 0 Å². The molecule has 9 heteroatoms. The molecule has 0 aliphatic heterocycles. The van der Waals surface area contributed by atoms with Crippen LogP contribution in [0.25, 0.3) is 0 Å². The molecule has 4 nitrogen and oxygen atoms in total. The van der Waals surface area contributed by atoms with Crippen molar-refractivity contribution >= 4 is 23.4 Å². The van der Waals surface area contributed by atoms with E-state index in [0.717, 1.165) is 37.8 Å². The van der Waals surface area contributed by atoms with Crippen LogP contribution in [-0.2, 0) is 4.79 Å². The van der Waals surface area contributed by atoms with Gasteiger partial charge in [-0.15, -0.1) is 11.8 Å². The van der Waals surface area contributed by atoms with Crippen molar-refractivity contribution in [2.75, 3.05) is 11.9 Å². The number of anilines is 1. The highest BCUT2D eigenvalue weighted by Crippen LogP contribution is 2.38. The molecular weight excluding hydrogens is 432 g/mol. The Morgan fingerprint density at radius 3 is 2.32 bits per heavy atom. The van der Waals surface area contributed by atoms with Crippen molar-refractivity contribution in [2.24, 2.45) is 5.92 Å². The summed E-state index contributed by atoms with van der Waals surface area (Å²) in [6.45, 7) is 2.47. The number of amides is 1. The third kappa shape index (κ3) is 5.92. The van der Waals surface area contributed by atoms with Gasteiger partial charge in [0.2, 0.25) is 5.91 Å². The number of hydrogen-bond donors (Lipinski definition) is 3. The summed E-state index contributed by atoms with van der Waals surface area (Å²) in [5, 5.41) is 15.8. The van der Waals surface area contributed by atoms with Crippen LogP contribution in [0.3, 0.4) is 0 Å². The summed E-state index contributed by atoms with van der Waals surface area (Å²) in [7, 11) is 0. The molecule has 0 saturated heterocycles. The number of aliphatic hydroxyl groups is 1. The Morgan fingerprint density at radius 1 is 1.06 bits per heavy atom. The van der Waals surface area contributed by atoms with Crippen LogP contribution >= 0.6 is 11.8 Å². The first-order valence-electron chi connectivity index (χ1n) is 10.1. The summed E-state index contributed by atoms with van der Waals surface area (Å²) in [5.74, 6) is -4.76. The van der Waals surface area contributed by atoms with E-state index in [0.29, 0.717) is 17.0 Å². The van der Waals surface area contributed by atoms with E-state index in [1.165, 1.54) is 30.0 Å². The van der Waals surface area contributed by atoms with Crippen LogP contribution in [0.5, 0.6) is 0 Å². The normalized spacial score (nSPS) is 19.7. The first-order chi connectivity index (χ1) is 14.8. The number of thioether (sulfide) groups is 1. The fraction of sp³-hybridized carbons (Fsp3) is 0.409. The number of carbonyl (C=O) groups is 1. The van der Waals surface area contributed by atoms with Crippen LogP contribution in [0.15, 0.2) is 35.2 Å². The van der Waals surface area contributed by atoms with Crippen molar-refractivity contribution in [3.05, 3.63) is 59.2 Å². The maximum Gasteiger partial charge on any atom is 0.223 e. The minimum Gasteiger partial charge on any atom is -0.369 e. The second kappa shape index (κ2) is 10.4. The maximum atomic E-state index is 14.3. The van der Waals surface area contributed by atoms with Crippen LogP contribution in [0.1, 0.15) is 44.4 Å². The Hall–Kier alpha value is -2.26. The van der Waals surface area contributed by atoms with Gasteiger partial charge >= 0.3 is 0 Å². The van der Waals surface area contributed by atoms with Gasteiger partial charge in [0.25, 0.3) is 0 Å². The van der Waals surface area contributed by atoms with Gasteiger partial charge in [-0.2, -0.15) is 0 Å². The van der Waals surface area contributed by atoms with Crippen molar-refractivity contribution < 1.29 is 27.5 Å². The second-order valence-corrected chi connectivity index (χ2v) is 8.82. The van der Waals surface area contributed by atoms with Crippen LogP contribution in [0, 0.1) is 29.2 Å². The second-order valence-electron chi connectivity index (χ2n) is 7.48. The molecule has 168 valence electrons. The van der Waals surface area contributed by atoms with E-state index in [4.69, 9.17) is 0 Å². The van der Waals surface area contributed by atoms with Crippen molar-refractivity contribution in [3.63, 3.8) is 0 Å². The molecule has 31 heavy (non-hydrogen) atoms. The fourth-order valence-electron chi connectivity index (χ4n) is 3.60. The standard InChI is InChI=1S/C22H24F4N2O2S/c1-2-27-21(29)12-3-6-15(7-4-12)31-19-9-13(5-8-16(19)23)22(30)28-14-10-17(24)20(26)18(25)11-14/h5,8-12,15,22,28,30H,2-4,6-7H2,1H3,(H,27,29). The molecule has 0 heterocycles. The average Bonchev–Trinajstić information content (AvgIpc) is 2.74. The van der Waals surface area contributed by atoms with E-state index in [-0.39, 0.29) is 22.8 Å². The topological polar surface area (TPSA) is 61.4 Å². The molecule has 1 amide bonds. The van der Waals surface area contributed by atoms with Crippen LogP contribution in [-0.4, -0.2) is 22.8 Å². The molecule has 1 atom stereocenters. The molecule has 1 aliphatic rings. The highest BCUT2D eigenvalue weighted by Gasteiger charge is 2.27. The first-order valence-corrected chi connectivity index (χ1v) is 11.0. The average molecular weight is 457 g/mol. The lowest BCUT2D eigenvalue weighted by Crippen LogP contribution is -2.33. The number of aliphatic hydroxyl groups excluding tert-OH is 1. The zero-order valence-corrected chi connectivity index (χ0v) is 17.7. The molecule has 0 aromatic heterocycles. The van der Waals surface area contributed by atoms with Crippen LogP contribution < -0.4 is 10.6 Å². The minimum atomic E-state index is -1.59. The molecular formula is C22H24F4N2O2S. The predicted octanol–water partition coefficient (Wildman–Crippen LogP) is 5.13. The van der Waals surface area contributed by atoms with Gasteiger partial charge in [0.1, 0.15) is 5.82 Å².